The van der Waals surface area contributed by atoms with Crippen molar-refractivity contribution < 1.29 is 4.79 Å². The van der Waals surface area contributed by atoms with E-state index in [2.05, 4.69) is 19.2 Å². The Morgan fingerprint density at radius 2 is 1.93 bits per heavy atom. The molecule has 1 N–H and O–H groups in total. The Balaban J connectivity index is 1.56. The first-order valence-electron chi connectivity index (χ1n) is 10.8. The van der Waals surface area contributed by atoms with Gasteiger partial charge in [0.25, 0.3) is 5.56 Å². The number of nitrogens with one attached hydrogen (secondary N) is 1. The highest BCUT2D eigenvalue weighted by molar-refractivity contribution is 7.99. The highest BCUT2D eigenvalue weighted by Crippen LogP contribution is 2.29. The second-order valence-electron chi connectivity index (χ2n) is 8.39. The summed E-state index contributed by atoms with van der Waals surface area (Å²) in [6.07, 6.45) is 3.45. The van der Waals surface area contributed by atoms with E-state index in [0.717, 1.165) is 17.2 Å². The van der Waals surface area contributed by atoms with Gasteiger partial charge in [-0.25, -0.2) is 4.98 Å². The fraction of sp³-hybridized carbons (Fsp3) is 0.458. The van der Waals surface area contributed by atoms with Crippen LogP contribution in [-0.4, -0.2) is 27.3 Å². The van der Waals surface area contributed by atoms with E-state index in [0.29, 0.717) is 34.4 Å². The number of fused-ring (bicyclic) bond motifs is 2. The van der Waals surface area contributed by atoms with Gasteiger partial charge in [-0.15, -0.1) is 0 Å². The van der Waals surface area contributed by atoms with Crippen LogP contribution in [0.15, 0.2) is 46.3 Å². The number of hydrogen-bond acceptors (Lipinski definition) is 4. The van der Waals surface area contributed by atoms with Crippen molar-refractivity contribution in [1.82, 2.24) is 14.9 Å². The van der Waals surface area contributed by atoms with Gasteiger partial charge in [-0.1, -0.05) is 62.7 Å². The molecule has 3 aromatic rings. The minimum absolute atomic E-state index is 0.0152. The Morgan fingerprint density at radius 3 is 2.67 bits per heavy atom. The van der Waals surface area contributed by atoms with Crippen LogP contribution in [0.5, 0.6) is 0 Å². The first-order valence-corrected chi connectivity index (χ1v) is 11.8. The normalized spacial score (nSPS) is 21.8. The molecule has 5 nitrogen and oxygen atoms in total. The Morgan fingerprint density at radius 1 is 1.20 bits per heavy atom. The van der Waals surface area contributed by atoms with Gasteiger partial charge in [0, 0.05) is 12.6 Å². The summed E-state index contributed by atoms with van der Waals surface area (Å²) < 4.78 is 1.67. The van der Waals surface area contributed by atoms with E-state index in [1.165, 1.54) is 24.6 Å². The largest absolute Gasteiger partial charge is 0.352 e. The molecule has 6 heteroatoms. The molecule has 1 amide bonds. The fourth-order valence-electron chi connectivity index (χ4n) is 4.44. The zero-order valence-corrected chi connectivity index (χ0v) is 18.7. The van der Waals surface area contributed by atoms with Crippen LogP contribution in [0.2, 0.25) is 0 Å². The van der Waals surface area contributed by atoms with Crippen LogP contribution < -0.4 is 10.9 Å². The number of amides is 1. The van der Waals surface area contributed by atoms with Crippen molar-refractivity contribution in [2.45, 2.75) is 57.8 Å². The Bertz CT molecular complexity index is 1140. The maximum Gasteiger partial charge on any atom is 0.262 e. The third kappa shape index (κ3) is 4.10. The number of hydrogen-bond donors (Lipinski definition) is 1. The van der Waals surface area contributed by atoms with Crippen LogP contribution in [0.3, 0.4) is 0 Å². The number of aromatic nitrogens is 2. The maximum absolute atomic E-state index is 13.1. The number of benzene rings is 2. The second kappa shape index (κ2) is 8.80. The van der Waals surface area contributed by atoms with E-state index in [1.807, 2.05) is 43.3 Å². The highest BCUT2D eigenvalue weighted by atomic mass is 32.2. The topological polar surface area (TPSA) is 64.0 Å². The molecule has 2 aromatic carbocycles. The first-order chi connectivity index (χ1) is 14.5. The molecular weight excluding hydrogens is 394 g/mol. The molecule has 0 bridgehead atoms. The van der Waals surface area contributed by atoms with Crippen LogP contribution in [0, 0.1) is 11.8 Å². The van der Waals surface area contributed by atoms with E-state index in [1.54, 1.807) is 4.57 Å². The fourth-order valence-corrected chi connectivity index (χ4v) is 5.32. The van der Waals surface area contributed by atoms with E-state index >= 15 is 0 Å². The van der Waals surface area contributed by atoms with Crippen LogP contribution in [0.4, 0.5) is 0 Å². The minimum Gasteiger partial charge on any atom is -0.352 e. The minimum atomic E-state index is -0.0501. The Hall–Kier alpha value is -2.34. The summed E-state index contributed by atoms with van der Waals surface area (Å²) in [5.74, 6) is 1.41. The second-order valence-corrected chi connectivity index (χ2v) is 9.33. The highest BCUT2D eigenvalue weighted by Gasteiger charge is 2.28. The van der Waals surface area contributed by atoms with Gasteiger partial charge in [0.15, 0.2) is 5.16 Å². The van der Waals surface area contributed by atoms with Gasteiger partial charge in [0.1, 0.15) is 0 Å². The van der Waals surface area contributed by atoms with Crippen molar-refractivity contribution >= 4 is 39.3 Å². The molecule has 30 heavy (non-hydrogen) atoms. The molecule has 0 saturated heterocycles. The Kier molecular flexibility index (Phi) is 6.14. The maximum atomic E-state index is 13.1. The number of nitrogens with zero attached hydrogens (tertiary/aromatic N) is 2. The molecule has 1 aromatic heterocycles. The molecule has 3 atom stereocenters. The van der Waals surface area contributed by atoms with Gasteiger partial charge in [0.05, 0.1) is 16.7 Å². The smallest absolute Gasteiger partial charge is 0.262 e. The lowest BCUT2D eigenvalue weighted by Gasteiger charge is -2.34. The van der Waals surface area contributed by atoms with Crippen molar-refractivity contribution in [2.75, 3.05) is 5.75 Å². The molecular formula is C24H29N3O2S. The summed E-state index contributed by atoms with van der Waals surface area (Å²) in [5, 5.41) is 6.52. The molecule has 0 unspecified atom stereocenters. The standard InChI is InChI=1S/C24H29N3O2S/c1-4-27-23(29)19-12-17-9-5-6-10-18(17)13-21(19)26-24(27)30-14-22(28)25-20-11-7-8-15(2)16(20)3/h5-6,9-10,12-13,15-16,20H,4,7-8,11,14H2,1-3H3,(H,25,28)/t15-,16+,20+/m1/s1. The number of carbonyl (C=O) groups excluding carboxylic acids is 1. The van der Waals surface area contributed by atoms with E-state index < -0.39 is 0 Å². The van der Waals surface area contributed by atoms with Crippen molar-refractivity contribution in [3.05, 3.63) is 46.8 Å². The number of thioether (sulfide) groups is 1. The molecule has 0 radical (unpaired) electrons. The predicted octanol–water partition coefficient (Wildman–Crippen LogP) is 4.60. The first kappa shape index (κ1) is 20.9. The lowest BCUT2D eigenvalue weighted by molar-refractivity contribution is -0.120. The SMILES string of the molecule is CCn1c(SCC(=O)N[C@H]2CCC[C@@H](C)[C@@H]2C)nc2cc3ccccc3cc2c1=O. The average molecular weight is 424 g/mol. The predicted molar refractivity (Wildman–Crippen MR) is 124 cm³/mol. The summed E-state index contributed by atoms with van der Waals surface area (Å²) in [6.45, 7) is 6.95. The van der Waals surface area contributed by atoms with Gasteiger partial charge < -0.3 is 5.32 Å². The molecule has 1 fully saturated rings. The summed E-state index contributed by atoms with van der Waals surface area (Å²) in [5.41, 5.74) is 0.631. The van der Waals surface area contributed by atoms with Crippen LogP contribution in [0.25, 0.3) is 21.7 Å². The number of carbonyl (C=O) groups is 1. The molecule has 0 spiro atoms. The van der Waals surface area contributed by atoms with Gasteiger partial charge in [0.2, 0.25) is 5.91 Å². The van der Waals surface area contributed by atoms with Crippen molar-refractivity contribution in [1.29, 1.82) is 0 Å². The summed E-state index contributed by atoms with van der Waals surface area (Å²) in [7, 11) is 0. The summed E-state index contributed by atoms with van der Waals surface area (Å²) >= 11 is 1.34. The molecule has 1 heterocycles. The molecule has 1 aliphatic carbocycles. The third-order valence-electron chi connectivity index (χ3n) is 6.49. The molecule has 1 saturated carbocycles. The van der Waals surface area contributed by atoms with Crippen molar-refractivity contribution in [3.8, 4) is 0 Å². The van der Waals surface area contributed by atoms with Gasteiger partial charge in [-0.3, -0.25) is 14.2 Å². The lowest BCUT2D eigenvalue weighted by Crippen LogP contribution is -2.44. The molecule has 1 aliphatic rings. The van der Waals surface area contributed by atoms with Crippen LogP contribution in [-0.2, 0) is 11.3 Å². The van der Waals surface area contributed by atoms with E-state index in [4.69, 9.17) is 4.98 Å². The van der Waals surface area contributed by atoms with Crippen molar-refractivity contribution in [3.63, 3.8) is 0 Å². The van der Waals surface area contributed by atoms with Crippen molar-refractivity contribution in [2.24, 2.45) is 11.8 Å². The summed E-state index contributed by atoms with van der Waals surface area (Å²) in [4.78, 5) is 30.4. The van der Waals surface area contributed by atoms with E-state index in [9.17, 15) is 9.59 Å². The monoisotopic (exact) mass is 423 g/mol. The molecule has 158 valence electrons. The van der Waals surface area contributed by atoms with Gasteiger partial charge in [-0.05, 0) is 48.1 Å². The van der Waals surface area contributed by atoms with Gasteiger partial charge >= 0.3 is 0 Å². The average Bonchev–Trinajstić information content (AvgIpc) is 2.74. The van der Waals surface area contributed by atoms with Gasteiger partial charge in [-0.2, -0.15) is 0 Å². The number of rotatable bonds is 5. The van der Waals surface area contributed by atoms with E-state index in [-0.39, 0.29) is 23.3 Å². The third-order valence-corrected chi connectivity index (χ3v) is 7.46. The summed E-state index contributed by atoms with van der Waals surface area (Å²) in [6, 6.07) is 12.1. The zero-order chi connectivity index (χ0) is 21.3. The zero-order valence-electron chi connectivity index (χ0n) is 17.9. The van der Waals surface area contributed by atoms with Crippen LogP contribution in [0.1, 0.15) is 40.0 Å². The Labute approximate surface area is 181 Å². The lowest BCUT2D eigenvalue weighted by atomic mass is 9.78. The molecule has 4 rings (SSSR count). The van der Waals surface area contributed by atoms with Crippen LogP contribution >= 0.6 is 11.8 Å². The quantitative estimate of drug-likeness (QED) is 0.370. The molecule has 0 aliphatic heterocycles.